The molecule has 0 aliphatic carbocycles. The van der Waals surface area contributed by atoms with Gasteiger partial charge in [-0.15, -0.1) is 0 Å². The zero-order valence-corrected chi connectivity index (χ0v) is 16.5. The molecule has 0 saturated carbocycles. The summed E-state index contributed by atoms with van der Waals surface area (Å²) in [7, 11) is 0. The summed E-state index contributed by atoms with van der Waals surface area (Å²) in [4.78, 5) is 16.6. The van der Waals surface area contributed by atoms with Gasteiger partial charge < -0.3 is 20.4 Å². The number of furan rings is 1. The van der Waals surface area contributed by atoms with E-state index in [1.54, 1.807) is 12.1 Å². The Morgan fingerprint density at radius 2 is 1.72 bits per heavy atom. The topological polar surface area (TPSA) is 78.7 Å². The Kier molecular flexibility index (Phi) is 7.46. The van der Waals surface area contributed by atoms with E-state index in [9.17, 15) is 4.79 Å². The molecule has 3 N–H and O–H groups in total. The molecule has 3 aromatic rings. The van der Waals surface area contributed by atoms with Gasteiger partial charge in [0.1, 0.15) is 0 Å². The molecule has 29 heavy (non-hydrogen) atoms. The quantitative estimate of drug-likeness (QED) is 0.403. The van der Waals surface area contributed by atoms with E-state index in [1.807, 2.05) is 37.3 Å². The maximum absolute atomic E-state index is 12.0. The maximum Gasteiger partial charge on any atom is 0.291 e. The summed E-state index contributed by atoms with van der Waals surface area (Å²) in [6.45, 7) is 4.21. The van der Waals surface area contributed by atoms with Gasteiger partial charge in [0.15, 0.2) is 11.7 Å². The number of nitrogens with one attached hydrogen (secondary N) is 3. The summed E-state index contributed by atoms with van der Waals surface area (Å²) in [5, 5.41) is 9.43. The fourth-order valence-electron chi connectivity index (χ4n) is 2.78. The van der Waals surface area contributed by atoms with Crippen molar-refractivity contribution in [2.75, 3.05) is 18.4 Å². The monoisotopic (exact) mass is 390 g/mol. The summed E-state index contributed by atoms with van der Waals surface area (Å²) in [5.41, 5.74) is 3.07. The Morgan fingerprint density at radius 3 is 2.41 bits per heavy atom. The molecule has 0 radical (unpaired) electrons. The highest BCUT2D eigenvalue weighted by molar-refractivity contribution is 6.02. The normalized spacial score (nSPS) is 11.1. The van der Waals surface area contributed by atoms with E-state index in [1.165, 1.54) is 11.8 Å². The minimum Gasteiger partial charge on any atom is -0.459 e. The molecule has 1 aromatic heterocycles. The van der Waals surface area contributed by atoms with Crippen LogP contribution in [-0.2, 0) is 13.0 Å². The summed E-state index contributed by atoms with van der Waals surface area (Å²) >= 11 is 0. The zero-order chi connectivity index (χ0) is 20.3. The first-order valence-electron chi connectivity index (χ1n) is 9.74. The van der Waals surface area contributed by atoms with Crippen LogP contribution in [0.5, 0.6) is 0 Å². The molecule has 6 nitrogen and oxygen atoms in total. The van der Waals surface area contributed by atoms with Gasteiger partial charge in [-0.25, -0.2) is 4.99 Å². The number of amides is 1. The van der Waals surface area contributed by atoms with Crippen LogP contribution < -0.4 is 16.0 Å². The van der Waals surface area contributed by atoms with E-state index in [4.69, 9.17) is 4.42 Å². The molecule has 6 heteroatoms. The third kappa shape index (κ3) is 6.53. The van der Waals surface area contributed by atoms with E-state index < -0.39 is 0 Å². The molecule has 0 spiro atoms. The van der Waals surface area contributed by atoms with Gasteiger partial charge in [-0.3, -0.25) is 4.79 Å². The molecule has 0 bridgehead atoms. The number of aliphatic imine (C=N–C) groups is 1. The number of guanidine groups is 1. The van der Waals surface area contributed by atoms with Crippen molar-refractivity contribution >= 4 is 17.6 Å². The van der Waals surface area contributed by atoms with Gasteiger partial charge in [-0.1, -0.05) is 42.5 Å². The van der Waals surface area contributed by atoms with Crippen LogP contribution >= 0.6 is 0 Å². The Hall–Kier alpha value is -3.54. The van der Waals surface area contributed by atoms with Crippen LogP contribution in [0.3, 0.4) is 0 Å². The van der Waals surface area contributed by atoms with Gasteiger partial charge in [0.05, 0.1) is 12.8 Å². The van der Waals surface area contributed by atoms with Crippen LogP contribution in [0.4, 0.5) is 5.69 Å². The van der Waals surface area contributed by atoms with E-state index in [2.05, 4.69) is 45.2 Å². The van der Waals surface area contributed by atoms with Crippen molar-refractivity contribution in [2.24, 2.45) is 4.99 Å². The third-order valence-electron chi connectivity index (χ3n) is 4.27. The number of nitrogens with zero attached hydrogens (tertiary/aromatic N) is 1. The molecule has 0 fully saturated rings. The SMILES string of the molecule is CCNC(=NCc1ccc(NC(=O)c2ccco2)cc1)NCCc1ccccc1. The summed E-state index contributed by atoms with van der Waals surface area (Å²) in [6.07, 6.45) is 2.42. The van der Waals surface area contributed by atoms with Crippen LogP contribution in [-0.4, -0.2) is 25.0 Å². The Balaban J connectivity index is 1.51. The average molecular weight is 390 g/mol. The van der Waals surface area contributed by atoms with Crippen LogP contribution in [0.1, 0.15) is 28.6 Å². The second-order valence-electron chi connectivity index (χ2n) is 6.49. The predicted molar refractivity (Wildman–Crippen MR) is 116 cm³/mol. The predicted octanol–water partition coefficient (Wildman–Crippen LogP) is 3.83. The van der Waals surface area contributed by atoms with Crippen molar-refractivity contribution in [3.8, 4) is 0 Å². The van der Waals surface area contributed by atoms with Crippen molar-refractivity contribution in [1.82, 2.24) is 10.6 Å². The van der Waals surface area contributed by atoms with E-state index in [-0.39, 0.29) is 11.7 Å². The van der Waals surface area contributed by atoms with Crippen LogP contribution in [0.2, 0.25) is 0 Å². The molecule has 0 atom stereocenters. The van der Waals surface area contributed by atoms with Crippen molar-refractivity contribution in [3.63, 3.8) is 0 Å². The summed E-state index contributed by atoms with van der Waals surface area (Å²) in [5.74, 6) is 0.812. The molecule has 150 valence electrons. The van der Waals surface area contributed by atoms with Gasteiger partial charge in [-0.05, 0) is 48.7 Å². The molecule has 2 aromatic carbocycles. The molecule has 0 aliphatic rings. The first-order valence-corrected chi connectivity index (χ1v) is 9.74. The highest BCUT2D eigenvalue weighted by Gasteiger charge is 2.08. The number of benzene rings is 2. The minimum atomic E-state index is -0.266. The van der Waals surface area contributed by atoms with E-state index in [0.717, 1.165) is 31.0 Å². The van der Waals surface area contributed by atoms with Crippen LogP contribution in [0, 0.1) is 0 Å². The average Bonchev–Trinajstić information content (AvgIpc) is 3.29. The number of carbonyl (C=O) groups excluding carboxylic acids is 1. The minimum absolute atomic E-state index is 0.266. The number of hydrogen-bond acceptors (Lipinski definition) is 3. The molecule has 0 saturated heterocycles. The molecule has 1 amide bonds. The van der Waals surface area contributed by atoms with Gasteiger partial charge in [0, 0.05) is 18.8 Å². The molecule has 1 heterocycles. The lowest BCUT2D eigenvalue weighted by atomic mass is 10.1. The second kappa shape index (κ2) is 10.7. The first kappa shape index (κ1) is 20.2. The van der Waals surface area contributed by atoms with E-state index in [0.29, 0.717) is 12.2 Å². The van der Waals surface area contributed by atoms with Crippen molar-refractivity contribution in [2.45, 2.75) is 19.9 Å². The smallest absolute Gasteiger partial charge is 0.291 e. The van der Waals surface area contributed by atoms with Crippen LogP contribution in [0.15, 0.2) is 82.4 Å². The Labute approximate surface area is 171 Å². The number of anilines is 1. The Bertz CT molecular complexity index is 904. The summed E-state index contributed by atoms with van der Waals surface area (Å²) in [6, 6.07) is 21.3. The van der Waals surface area contributed by atoms with Gasteiger partial charge in [0.2, 0.25) is 0 Å². The standard InChI is InChI=1S/C23H26N4O2/c1-2-24-23(25-15-14-18-7-4-3-5-8-18)26-17-19-10-12-20(13-11-19)27-22(28)21-9-6-16-29-21/h3-13,16H,2,14-15,17H2,1H3,(H,27,28)(H2,24,25,26). The molecule has 3 rings (SSSR count). The molecule has 0 unspecified atom stereocenters. The number of carbonyl (C=O) groups is 1. The van der Waals surface area contributed by atoms with Gasteiger partial charge in [-0.2, -0.15) is 0 Å². The number of hydrogen-bond donors (Lipinski definition) is 3. The van der Waals surface area contributed by atoms with Crippen LogP contribution in [0.25, 0.3) is 0 Å². The highest BCUT2D eigenvalue weighted by atomic mass is 16.3. The molecular weight excluding hydrogens is 364 g/mol. The van der Waals surface area contributed by atoms with Crippen molar-refractivity contribution < 1.29 is 9.21 Å². The number of rotatable bonds is 8. The molecular formula is C23H26N4O2. The summed E-state index contributed by atoms with van der Waals surface area (Å²) < 4.78 is 5.10. The fraction of sp³-hybridized carbons (Fsp3) is 0.217. The van der Waals surface area contributed by atoms with Crippen molar-refractivity contribution in [1.29, 1.82) is 0 Å². The van der Waals surface area contributed by atoms with Gasteiger partial charge in [0.25, 0.3) is 5.91 Å². The lowest BCUT2D eigenvalue weighted by Gasteiger charge is -2.11. The lowest BCUT2D eigenvalue weighted by molar-refractivity contribution is 0.0996. The largest absolute Gasteiger partial charge is 0.459 e. The first-order chi connectivity index (χ1) is 14.2. The highest BCUT2D eigenvalue weighted by Crippen LogP contribution is 2.12. The molecule has 0 aliphatic heterocycles. The zero-order valence-electron chi connectivity index (χ0n) is 16.5. The van der Waals surface area contributed by atoms with Crippen molar-refractivity contribution in [3.05, 3.63) is 89.9 Å². The maximum atomic E-state index is 12.0. The Morgan fingerprint density at radius 1 is 0.931 bits per heavy atom. The van der Waals surface area contributed by atoms with E-state index >= 15 is 0 Å². The van der Waals surface area contributed by atoms with Gasteiger partial charge >= 0.3 is 0 Å². The fourth-order valence-corrected chi connectivity index (χ4v) is 2.78. The third-order valence-corrected chi connectivity index (χ3v) is 4.27. The lowest BCUT2D eigenvalue weighted by Crippen LogP contribution is -2.38. The second-order valence-corrected chi connectivity index (χ2v) is 6.49.